The van der Waals surface area contributed by atoms with Gasteiger partial charge in [-0.05, 0) is 79.5 Å². The minimum Gasteiger partial charge on any atom is -0.481 e. The molecule has 3 atom stereocenters. The van der Waals surface area contributed by atoms with Crippen molar-refractivity contribution in [3.63, 3.8) is 0 Å². The Labute approximate surface area is 174 Å². The lowest BCUT2D eigenvalue weighted by Crippen LogP contribution is -2.52. The molecule has 0 spiro atoms. The number of aryl methyl sites for hydroxylation is 1. The van der Waals surface area contributed by atoms with Crippen LogP contribution in [0.4, 0.5) is 0 Å². The van der Waals surface area contributed by atoms with Gasteiger partial charge in [-0.3, -0.25) is 4.79 Å². The van der Waals surface area contributed by atoms with Gasteiger partial charge in [0.05, 0.1) is 11.1 Å². The van der Waals surface area contributed by atoms with Gasteiger partial charge in [-0.1, -0.05) is 44.3 Å². The van der Waals surface area contributed by atoms with Crippen LogP contribution in [0.1, 0.15) is 88.5 Å². The van der Waals surface area contributed by atoms with Crippen molar-refractivity contribution < 1.29 is 14.7 Å². The Kier molecular flexibility index (Phi) is 5.81. The predicted molar refractivity (Wildman–Crippen MR) is 116 cm³/mol. The highest BCUT2D eigenvalue weighted by Gasteiger charge is 2.55. The van der Waals surface area contributed by atoms with E-state index in [1.165, 1.54) is 16.7 Å². The summed E-state index contributed by atoms with van der Waals surface area (Å²) >= 11 is 0. The third-order valence-corrected chi connectivity index (χ3v) is 7.37. The number of carboxylic acid groups (broad SMARTS) is 1. The van der Waals surface area contributed by atoms with Crippen LogP contribution in [0.15, 0.2) is 17.3 Å². The number of benzene rings is 1. The van der Waals surface area contributed by atoms with E-state index < -0.39 is 11.4 Å². The molecule has 156 valence electrons. The molecule has 1 N–H and O–H groups in total. The van der Waals surface area contributed by atoms with Crippen molar-refractivity contribution in [2.45, 2.75) is 78.1 Å². The van der Waals surface area contributed by atoms with Crippen molar-refractivity contribution in [1.82, 2.24) is 0 Å². The van der Waals surface area contributed by atoms with E-state index in [9.17, 15) is 9.90 Å². The maximum absolute atomic E-state index is 12.2. The summed E-state index contributed by atoms with van der Waals surface area (Å²) in [4.78, 5) is 17.4. The number of carboxylic acids is 1. The van der Waals surface area contributed by atoms with Crippen LogP contribution >= 0.6 is 0 Å². The molecule has 2 unspecified atom stereocenters. The molecule has 4 heteroatoms. The zero-order chi connectivity index (χ0) is 21.4. The molecular formula is C25H33NO3. The molecule has 0 aliphatic heterocycles. The van der Waals surface area contributed by atoms with Gasteiger partial charge in [0.1, 0.15) is 0 Å². The Morgan fingerprint density at radius 2 is 2.10 bits per heavy atom. The Bertz CT molecular complexity index is 879. The molecular weight excluding hydrogens is 362 g/mol. The topological polar surface area (TPSA) is 58.9 Å². The van der Waals surface area contributed by atoms with Crippen molar-refractivity contribution in [2.75, 3.05) is 6.61 Å². The summed E-state index contributed by atoms with van der Waals surface area (Å²) in [7, 11) is 0. The molecule has 0 saturated heterocycles. The van der Waals surface area contributed by atoms with E-state index in [0.29, 0.717) is 5.92 Å². The lowest BCUT2D eigenvalue weighted by atomic mass is 9.49. The molecule has 2 aliphatic carbocycles. The third kappa shape index (κ3) is 3.56. The van der Waals surface area contributed by atoms with Crippen molar-refractivity contribution in [1.29, 1.82) is 0 Å². The van der Waals surface area contributed by atoms with Crippen LogP contribution in [0.2, 0.25) is 0 Å². The smallest absolute Gasteiger partial charge is 0.309 e. The first-order valence-electron chi connectivity index (χ1n) is 10.7. The second-order valence-electron chi connectivity index (χ2n) is 9.49. The molecule has 1 fully saturated rings. The number of carbonyl (C=O) groups is 1. The van der Waals surface area contributed by atoms with E-state index in [0.717, 1.165) is 43.4 Å². The quantitative estimate of drug-likeness (QED) is 0.319. The van der Waals surface area contributed by atoms with Gasteiger partial charge in [0.15, 0.2) is 6.61 Å². The van der Waals surface area contributed by atoms with Crippen molar-refractivity contribution in [2.24, 2.45) is 16.5 Å². The predicted octanol–water partition coefficient (Wildman–Crippen LogP) is 5.28. The Morgan fingerprint density at radius 3 is 2.72 bits per heavy atom. The lowest BCUT2D eigenvalue weighted by molar-refractivity contribution is -0.157. The maximum Gasteiger partial charge on any atom is 0.309 e. The number of aliphatic carboxylic acids is 1. The average Bonchev–Trinajstić information content (AvgIpc) is 2.66. The van der Waals surface area contributed by atoms with Crippen LogP contribution in [0, 0.1) is 23.7 Å². The molecule has 0 amide bonds. The fraction of sp³-hybridized carbons (Fsp3) is 0.600. The fourth-order valence-corrected chi connectivity index (χ4v) is 5.80. The van der Waals surface area contributed by atoms with Crippen LogP contribution in [-0.2, 0) is 21.5 Å². The maximum atomic E-state index is 12.2. The van der Waals surface area contributed by atoms with Crippen LogP contribution < -0.4 is 0 Å². The fourth-order valence-electron chi connectivity index (χ4n) is 5.80. The standard InChI is InChI=1S/C25H33NO3/c1-7-13-29-26-17(4)20-15-21-18(14-19(20)16(2)3)9-10-22-24(21,5)11-8-12-25(22,6)23(27)28/h1,14-16,22H,8-13H2,2-6H3,(H,27,28)/b26-17+/t22?,24-,25?/m1/s1. The third-order valence-electron chi connectivity index (χ3n) is 7.37. The summed E-state index contributed by atoms with van der Waals surface area (Å²) < 4.78 is 0. The largest absolute Gasteiger partial charge is 0.481 e. The summed E-state index contributed by atoms with van der Waals surface area (Å²) in [5.74, 6) is 2.28. The normalized spacial score (nSPS) is 29.0. The number of hydrogen-bond donors (Lipinski definition) is 1. The van der Waals surface area contributed by atoms with E-state index in [1.54, 1.807) is 0 Å². The summed E-state index contributed by atoms with van der Waals surface area (Å²) in [6, 6.07) is 4.59. The highest BCUT2D eigenvalue weighted by Crippen LogP contribution is 2.57. The van der Waals surface area contributed by atoms with Gasteiger partial charge in [0.25, 0.3) is 0 Å². The molecule has 1 saturated carbocycles. The SMILES string of the molecule is C#CCO/N=C(\C)c1cc2c(cc1C(C)C)CCC1C(C)(C(=O)O)CCC[C@]21C. The molecule has 3 rings (SSSR count). The second kappa shape index (κ2) is 7.86. The zero-order valence-corrected chi connectivity index (χ0v) is 18.3. The Balaban J connectivity index is 2.14. The van der Waals surface area contributed by atoms with E-state index >= 15 is 0 Å². The molecule has 1 aromatic carbocycles. The molecule has 29 heavy (non-hydrogen) atoms. The van der Waals surface area contributed by atoms with Crippen molar-refractivity contribution in [3.8, 4) is 12.3 Å². The Hall–Kier alpha value is -2.28. The number of rotatable bonds is 5. The summed E-state index contributed by atoms with van der Waals surface area (Å²) in [5.41, 5.74) is 5.02. The van der Waals surface area contributed by atoms with E-state index in [4.69, 9.17) is 11.3 Å². The molecule has 0 bridgehead atoms. The van der Waals surface area contributed by atoms with Gasteiger partial charge in [0, 0.05) is 5.56 Å². The minimum atomic E-state index is -0.666. The van der Waals surface area contributed by atoms with Crippen LogP contribution in [0.3, 0.4) is 0 Å². The van der Waals surface area contributed by atoms with E-state index in [-0.39, 0.29) is 17.9 Å². The Morgan fingerprint density at radius 1 is 1.38 bits per heavy atom. The summed E-state index contributed by atoms with van der Waals surface area (Å²) in [6.45, 7) is 10.7. The van der Waals surface area contributed by atoms with Crippen molar-refractivity contribution in [3.05, 3.63) is 34.4 Å². The first-order chi connectivity index (χ1) is 13.6. The molecule has 0 heterocycles. The monoisotopic (exact) mass is 395 g/mol. The van der Waals surface area contributed by atoms with Gasteiger partial charge in [0.2, 0.25) is 0 Å². The van der Waals surface area contributed by atoms with Gasteiger partial charge >= 0.3 is 5.97 Å². The second-order valence-corrected chi connectivity index (χ2v) is 9.49. The van der Waals surface area contributed by atoms with Gasteiger partial charge in [-0.25, -0.2) is 0 Å². The van der Waals surface area contributed by atoms with E-state index in [1.807, 2.05) is 13.8 Å². The van der Waals surface area contributed by atoms with Crippen molar-refractivity contribution >= 4 is 11.7 Å². The van der Waals surface area contributed by atoms with Crippen LogP contribution in [0.5, 0.6) is 0 Å². The number of terminal acetylenes is 1. The summed E-state index contributed by atoms with van der Waals surface area (Å²) in [5, 5.41) is 14.3. The molecule has 1 aromatic rings. The van der Waals surface area contributed by atoms with E-state index in [2.05, 4.69) is 44.0 Å². The first-order valence-corrected chi connectivity index (χ1v) is 10.7. The molecule has 2 aliphatic rings. The number of oxime groups is 1. The highest BCUT2D eigenvalue weighted by molar-refractivity contribution is 6.00. The summed E-state index contributed by atoms with van der Waals surface area (Å²) in [6.07, 6.45) is 9.86. The number of hydrogen-bond acceptors (Lipinski definition) is 3. The van der Waals surface area contributed by atoms with Gasteiger partial charge < -0.3 is 9.94 Å². The minimum absolute atomic E-state index is 0.136. The number of fused-ring (bicyclic) bond motifs is 3. The lowest BCUT2D eigenvalue weighted by Gasteiger charge is -2.53. The van der Waals surface area contributed by atoms with Gasteiger partial charge in [-0.15, -0.1) is 6.42 Å². The highest BCUT2D eigenvalue weighted by atomic mass is 16.6. The first kappa shape index (κ1) is 21.4. The zero-order valence-electron chi connectivity index (χ0n) is 18.3. The van der Waals surface area contributed by atoms with Crippen LogP contribution in [-0.4, -0.2) is 23.4 Å². The molecule has 0 radical (unpaired) electrons. The van der Waals surface area contributed by atoms with Gasteiger partial charge in [-0.2, -0.15) is 0 Å². The molecule has 4 nitrogen and oxygen atoms in total. The number of nitrogens with zero attached hydrogens (tertiary/aromatic N) is 1. The molecule has 0 aromatic heterocycles. The van der Waals surface area contributed by atoms with Crippen LogP contribution in [0.25, 0.3) is 0 Å². The average molecular weight is 396 g/mol.